The second kappa shape index (κ2) is 9.37. The molecule has 0 saturated carbocycles. The molecule has 150 valence electrons. The summed E-state index contributed by atoms with van der Waals surface area (Å²) in [6.45, 7) is 9.98. The van der Waals surface area contributed by atoms with E-state index in [4.69, 9.17) is 0 Å². The number of aryl methyl sites for hydroxylation is 1. The minimum Gasteiger partial charge on any atom is -0.350 e. The summed E-state index contributed by atoms with van der Waals surface area (Å²) in [6, 6.07) is 15.1. The van der Waals surface area contributed by atoms with Crippen LogP contribution in [0.4, 0.5) is 0 Å². The average molecular weight is 445 g/mol. The van der Waals surface area contributed by atoms with E-state index in [1.54, 1.807) is 11.8 Å². The van der Waals surface area contributed by atoms with E-state index in [2.05, 4.69) is 21.2 Å². The summed E-state index contributed by atoms with van der Waals surface area (Å²) in [5.41, 5.74) is 2.69. The molecule has 0 fully saturated rings. The number of amides is 2. The maximum Gasteiger partial charge on any atom is 0.242 e. The van der Waals surface area contributed by atoms with Gasteiger partial charge in [0, 0.05) is 16.6 Å². The highest BCUT2D eigenvalue weighted by atomic mass is 79.9. The number of hydrogen-bond donors (Lipinski definition) is 1. The summed E-state index contributed by atoms with van der Waals surface area (Å²) in [5.74, 6) is -0.212. The first-order chi connectivity index (χ1) is 13.1. The van der Waals surface area contributed by atoms with Gasteiger partial charge in [-0.1, -0.05) is 52.3 Å². The van der Waals surface area contributed by atoms with Crippen LogP contribution in [-0.4, -0.2) is 28.3 Å². The van der Waals surface area contributed by atoms with Crippen molar-refractivity contribution in [3.05, 3.63) is 69.7 Å². The van der Waals surface area contributed by atoms with Crippen LogP contribution in [0.15, 0.2) is 53.0 Å². The number of carbonyl (C=O) groups excluding carboxylic acids is 2. The molecular weight excluding hydrogens is 416 g/mol. The molecule has 5 heteroatoms. The third-order valence-corrected chi connectivity index (χ3v) is 5.06. The van der Waals surface area contributed by atoms with Crippen molar-refractivity contribution in [1.82, 2.24) is 10.2 Å². The van der Waals surface area contributed by atoms with Crippen LogP contribution >= 0.6 is 15.9 Å². The molecule has 2 amide bonds. The Bertz CT molecular complexity index is 825. The molecule has 28 heavy (non-hydrogen) atoms. The van der Waals surface area contributed by atoms with Crippen molar-refractivity contribution in [2.45, 2.75) is 59.2 Å². The second-order valence-electron chi connectivity index (χ2n) is 8.17. The van der Waals surface area contributed by atoms with Crippen LogP contribution in [0, 0.1) is 6.92 Å². The van der Waals surface area contributed by atoms with Gasteiger partial charge in [-0.3, -0.25) is 9.59 Å². The molecule has 2 rings (SSSR count). The van der Waals surface area contributed by atoms with Crippen molar-refractivity contribution in [1.29, 1.82) is 0 Å². The standard InChI is InChI=1S/C23H29BrN2O2/c1-16-8-6-7-9-19(16)14-21(27)26(15-18-10-12-20(24)13-11-18)17(2)22(28)25-23(3,4)5/h6-13,17H,14-15H2,1-5H3,(H,25,28). The van der Waals surface area contributed by atoms with Gasteiger partial charge in [-0.15, -0.1) is 0 Å². The van der Waals surface area contributed by atoms with Gasteiger partial charge < -0.3 is 10.2 Å². The van der Waals surface area contributed by atoms with Gasteiger partial charge in [-0.05, 0) is 63.4 Å². The Morgan fingerprint density at radius 3 is 2.25 bits per heavy atom. The van der Waals surface area contributed by atoms with Crippen molar-refractivity contribution < 1.29 is 9.59 Å². The molecule has 0 aliphatic carbocycles. The zero-order chi connectivity index (χ0) is 20.9. The lowest BCUT2D eigenvalue weighted by Gasteiger charge is -2.31. The van der Waals surface area contributed by atoms with Crippen molar-refractivity contribution in [3.63, 3.8) is 0 Å². The number of nitrogens with zero attached hydrogens (tertiary/aromatic N) is 1. The van der Waals surface area contributed by atoms with Crippen LogP contribution in [-0.2, 0) is 22.6 Å². The predicted octanol–water partition coefficient (Wildman–Crippen LogP) is 4.63. The first kappa shape index (κ1) is 22.2. The molecule has 0 heterocycles. The van der Waals surface area contributed by atoms with Crippen molar-refractivity contribution in [2.24, 2.45) is 0 Å². The summed E-state index contributed by atoms with van der Waals surface area (Å²) in [5, 5.41) is 2.98. The quantitative estimate of drug-likeness (QED) is 0.705. The summed E-state index contributed by atoms with van der Waals surface area (Å²) in [6.07, 6.45) is 0.274. The topological polar surface area (TPSA) is 49.4 Å². The Morgan fingerprint density at radius 1 is 1.07 bits per heavy atom. The number of carbonyl (C=O) groups is 2. The van der Waals surface area contributed by atoms with Crippen molar-refractivity contribution in [3.8, 4) is 0 Å². The Morgan fingerprint density at radius 2 is 1.68 bits per heavy atom. The van der Waals surface area contributed by atoms with Gasteiger partial charge in [0.15, 0.2) is 0 Å². The zero-order valence-corrected chi connectivity index (χ0v) is 18.8. The van der Waals surface area contributed by atoms with Crippen LogP contribution < -0.4 is 5.32 Å². The third-order valence-electron chi connectivity index (χ3n) is 4.53. The highest BCUT2D eigenvalue weighted by molar-refractivity contribution is 9.10. The molecule has 0 radical (unpaired) electrons. The van der Waals surface area contributed by atoms with Crippen LogP contribution in [0.1, 0.15) is 44.4 Å². The smallest absolute Gasteiger partial charge is 0.242 e. The summed E-state index contributed by atoms with van der Waals surface area (Å²) >= 11 is 3.43. The minimum absolute atomic E-state index is 0.0613. The SMILES string of the molecule is Cc1ccccc1CC(=O)N(Cc1ccc(Br)cc1)C(C)C(=O)NC(C)(C)C. The molecule has 1 unspecified atom stereocenters. The van der Waals surface area contributed by atoms with Crippen molar-refractivity contribution >= 4 is 27.7 Å². The van der Waals surface area contributed by atoms with Crippen molar-refractivity contribution in [2.75, 3.05) is 0 Å². The van der Waals surface area contributed by atoms with E-state index >= 15 is 0 Å². The summed E-state index contributed by atoms with van der Waals surface area (Å²) < 4.78 is 0.979. The molecule has 1 atom stereocenters. The number of halogens is 1. The van der Waals surface area contributed by atoms with E-state index in [1.807, 2.05) is 76.2 Å². The fourth-order valence-corrected chi connectivity index (χ4v) is 3.18. The molecule has 0 aromatic heterocycles. The lowest BCUT2D eigenvalue weighted by Crippen LogP contribution is -2.52. The molecule has 0 saturated heterocycles. The van der Waals surface area contributed by atoms with Crippen LogP contribution in [0.5, 0.6) is 0 Å². The highest BCUT2D eigenvalue weighted by Crippen LogP contribution is 2.17. The summed E-state index contributed by atoms with van der Waals surface area (Å²) in [4.78, 5) is 27.6. The number of hydrogen-bond acceptors (Lipinski definition) is 2. The van der Waals surface area contributed by atoms with E-state index < -0.39 is 6.04 Å². The number of nitrogens with one attached hydrogen (secondary N) is 1. The highest BCUT2D eigenvalue weighted by Gasteiger charge is 2.28. The van der Waals surface area contributed by atoms with Gasteiger partial charge in [0.1, 0.15) is 6.04 Å². The monoisotopic (exact) mass is 444 g/mol. The third kappa shape index (κ3) is 6.48. The summed E-state index contributed by atoms with van der Waals surface area (Å²) in [7, 11) is 0. The normalized spacial score (nSPS) is 12.4. The Hall–Kier alpha value is -2.14. The maximum absolute atomic E-state index is 13.2. The van der Waals surface area contributed by atoms with Gasteiger partial charge in [0.05, 0.1) is 6.42 Å². The van der Waals surface area contributed by atoms with E-state index in [9.17, 15) is 9.59 Å². The van der Waals surface area contributed by atoms with Gasteiger partial charge in [0.2, 0.25) is 11.8 Å². The molecule has 2 aromatic rings. The Balaban J connectivity index is 2.26. The van der Waals surface area contributed by atoms with E-state index in [1.165, 1.54) is 0 Å². The molecule has 0 bridgehead atoms. The Labute approximate surface area is 176 Å². The maximum atomic E-state index is 13.2. The van der Waals surface area contributed by atoms with Gasteiger partial charge in [-0.25, -0.2) is 0 Å². The number of rotatable bonds is 6. The average Bonchev–Trinajstić information content (AvgIpc) is 2.61. The lowest BCUT2D eigenvalue weighted by molar-refractivity contribution is -0.140. The van der Waals surface area contributed by atoms with Crippen LogP contribution in [0.3, 0.4) is 0 Å². The number of benzene rings is 2. The lowest BCUT2D eigenvalue weighted by atomic mass is 10.0. The molecule has 0 spiro atoms. The largest absolute Gasteiger partial charge is 0.350 e. The Kier molecular flexibility index (Phi) is 7.41. The fraction of sp³-hybridized carbons (Fsp3) is 0.391. The minimum atomic E-state index is -0.570. The first-order valence-electron chi connectivity index (χ1n) is 9.47. The van der Waals surface area contributed by atoms with Gasteiger partial charge in [0.25, 0.3) is 0 Å². The zero-order valence-electron chi connectivity index (χ0n) is 17.3. The molecular formula is C23H29BrN2O2. The fourth-order valence-electron chi connectivity index (χ4n) is 2.92. The molecule has 1 N–H and O–H groups in total. The van der Waals surface area contributed by atoms with E-state index in [0.29, 0.717) is 6.54 Å². The van der Waals surface area contributed by atoms with Crippen LogP contribution in [0.25, 0.3) is 0 Å². The molecule has 0 aliphatic heterocycles. The van der Waals surface area contributed by atoms with Gasteiger partial charge in [-0.2, -0.15) is 0 Å². The van der Waals surface area contributed by atoms with Crippen LogP contribution in [0.2, 0.25) is 0 Å². The van der Waals surface area contributed by atoms with E-state index in [0.717, 1.165) is 21.2 Å². The second-order valence-corrected chi connectivity index (χ2v) is 9.08. The first-order valence-corrected chi connectivity index (χ1v) is 10.3. The van der Waals surface area contributed by atoms with E-state index in [-0.39, 0.29) is 23.8 Å². The molecule has 0 aliphatic rings. The molecule has 2 aromatic carbocycles. The predicted molar refractivity (Wildman–Crippen MR) is 117 cm³/mol. The van der Waals surface area contributed by atoms with Gasteiger partial charge >= 0.3 is 0 Å². The molecule has 4 nitrogen and oxygen atoms in total.